The number of nitrogens with zero attached hydrogens (tertiary/aromatic N) is 5. The zero-order chi connectivity index (χ0) is 25.3. The molecule has 0 aliphatic carbocycles. The van der Waals surface area contributed by atoms with Gasteiger partial charge in [0.2, 0.25) is 0 Å². The fourth-order valence-electron chi connectivity index (χ4n) is 4.47. The van der Waals surface area contributed by atoms with Crippen LogP contribution in [0, 0.1) is 5.82 Å². The van der Waals surface area contributed by atoms with E-state index in [1.165, 1.54) is 19.1 Å². The Balaban J connectivity index is 0.000000967. The molecule has 5 rings (SSSR count). The van der Waals surface area contributed by atoms with Crippen molar-refractivity contribution in [1.29, 1.82) is 0 Å². The van der Waals surface area contributed by atoms with Gasteiger partial charge < -0.3 is 24.6 Å². The molecule has 190 valence electrons. The third kappa shape index (κ3) is 6.83. The van der Waals surface area contributed by atoms with Gasteiger partial charge in [-0.15, -0.1) is 0 Å². The number of anilines is 3. The smallest absolute Gasteiger partial charge is 0.135 e. The number of hydrogen-bond acceptors (Lipinski definition) is 8. The van der Waals surface area contributed by atoms with Crippen molar-refractivity contribution in [2.75, 3.05) is 56.7 Å². The Morgan fingerprint density at radius 2 is 1.92 bits per heavy atom. The lowest BCUT2D eigenvalue weighted by Crippen LogP contribution is -2.36. The van der Waals surface area contributed by atoms with E-state index in [2.05, 4.69) is 33.2 Å². The van der Waals surface area contributed by atoms with E-state index in [1.54, 1.807) is 6.07 Å². The molecule has 2 fully saturated rings. The first-order valence-corrected chi connectivity index (χ1v) is 12.3. The van der Waals surface area contributed by atoms with Crippen LogP contribution in [0.4, 0.5) is 21.7 Å². The van der Waals surface area contributed by atoms with Crippen molar-refractivity contribution in [3.8, 4) is 11.3 Å². The SMILES string of the molecule is CC=O.CN1CCCC(c2nc(Nc3cccc(F)c3)cc(-c3ccc(N4CCOCC4)nc3)n2)C1. The summed E-state index contributed by atoms with van der Waals surface area (Å²) >= 11 is 0. The first kappa shape index (κ1) is 25.7. The average Bonchev–Trinajstić information content (AvgIpc) is 2.90. The summed E-state index contributed by atoms with van der Waals surface area (Å²) in [5.74, 6) is 2.40. The Hall–Kier alpha value is -3.43. The Morgan fingerprint density at radius 3 is 2.61 bits per heavy atom. The highest BCUT2D eigenvalue weighted by molar-refractivity contribution is 5.66. The molecule has 0 bridgehead atoms. The highest BCUT2D eigenvalue weighted by atomic mass is 19.1. The summed E-state index contributed by atoms with van der Waals surface area (Å²) in [4.78, 5) is 27.8. The fourth-order valence-corrected chi connectivity index (χ4v) is 4.47. The summed E-state index contributed by atoms with van der Waals surface area (Å²) in [6, 6.07) is 12.4. The molecule has 2 saturated heterocycles. The van der Waals surface area contributed by atoms with Gasteiger partial charge in [-0.2, -0.15) is 0 Å². The minimum Gasteiger partial charge on any atom is -0.378 e. The lowest BCUT2D eigenvalue weighted by molar-refractivity contribution is -0.106. The monoisotopic (exact) mass is 492 g/mol. The number of rotatable bonds is 5. The van der Waals surface area contributed by atoms with E-state index < -0.39 is 0 Å². The topological polar surface area (TPSA) is 83.5 Å². The van der Waals surface area contributed by atoms with E-state index >= 15 is 0 Å². The number of halogens is 1. The lowest BCUT2D eigenvalue weighted by atomic mass is 9.97. The number of likely N-dealkylation sites (N-methyl/N-ethyl adjacent to an activating group) is 1. The number of nitrogens with one attached hydrogen (secondary N) is 1. The molecule has 4 heterocycles. The van der Waals surface area contributed by atoms with Crippen molar-refractivity contribution in [3.63, 3.8) is 0 Å². The highest BCUT2D eigenvalue weighted by Crippen LogP contribution is 2.29. The number of carbonyl (C=O) groups is 1. The Bertz CT molecular complexity index is 1140. The molecule has 9 heteroatoms. The van der Waals surface area contributed by atoms with Gasteiger partial charge in [-0.25, -0.2) is 19.3 Å². The van der Waals surface area contributed by atoms with Gasteiger partial charge >= 0.3 is 0 Å². The second kappa shape index (κ2) is 12.5. The minimum atomic E-state index is -0.286. The van der Waals surface area contributed by atoms with Crippen LogP contribution in [0.5, 0.6) is 0 Å². The van der Waals surface area contributed by atoms with E-state index in [9.17, 15) is 4.39 Å². The van der Waals surface area contributed by atoms with Gasteiger partial charge in [-0.1, -0.05) is 6.07 Å². The predicted octanol–water partition coefficient (Wildman–Crippen LogP) is 4.27. The summed E-state index contributed by atoms with van der Waals surface area (Å²) in [6.45, 7) is 6.61. The van der Waals surface area contributed by atoms with Gasteiger partial charge in [0.05, 0.1) is 18.9 Å². The maximum Gasteiger partial charge on any atom is 0.135 e. The van der Waals surface area contributed by atoms with Gasteiger partial charge in [-0.3, -0.25) is 0 Å². The molecule has 2 aliphatic rings. The number of benzene rings is 1. The summed E-state index contributed by atoms with van der Waals surface area (Å²) in [7, 11) is 2.14. The lowest BCUT2D eigenvalue weighted by Gasteiger charge is -2.29. The van der Waals surface area contributed by atoms with Crippen molar-refractivity contribution >= 4 is 23.6 Å². The summed E-state index contributed by atoms with van der Waals surface area (Å²) in [5, 5.41) is 3.26. The predicted molar refractivity (Wildman–Crippen MR) is 139 cm³/mol. The van der Waals surface area contributed by atoms with Crippen molar-refractivity contribution in [2.24, 2.45) is 0 Å². The zero-order valence-corrected chi connectivity index (χ0v) is 20.9. The van der Waals surface area contributed by atoms with Crippen molar-refractivity contribution in [1.82, 2.24) is 19.9 Å². The van der Waals surface area contributed by atoms with Crippen LogP contribution in [-0.2, 0) is 9.53 Å². The number of morpholine rings is 1. The van der Waals surface area contributed by atoms with E-state index in [1.807, 2.05) is 24.4 Å². The molecule has 0 amide bonds. The molecular formula is C27H33FN6O2. The van der Waals surface area contributed by atoms with Crippen molar-refractivity contribution < 1.29 is 13.9 Å². The molecule has 0 spiro atoms. The maximum atomic E-state index is 13.7. The van der Waals surface area contributed by atoms with Gasteiger partial charge in [0.1, 0.15) is 29.6 Å². The first-order valence-electron chi connectivity index (χ1n) is 12.3. The Labute approximate surface area is 211 Å². The third-order valence-electron chi connectivity index (χ3n) is 6.21. The highest BCUT2D eigenvalue weighted by Gasteiger charge is 2.23. The van der Waals surface area contributed by atoms with E-state index in [0.717, 1.165) is 81.4 Å². The Morgan fingerprint density at radius 1 is 1.11 bits per heavy atom. The maximum absolute atomic E-state index is 13.7. The van der Waals surface area contributed by atoms with Crippen LogP contribution in [0.3, 0.4) is 0 Å². The molecular weight excluding hydrogens is 459 g/mol. The molecule has 2 aromatic heterocycles. The molecule has 36 heavy (non-hydrogen) atoms. The number of hydrogen-bond donors (Lipinski definition) is 1. The van der Waals surface area contributed by atoms with Gasteiger partial charge in [-0.05, 0) is 63.7 Å². The number of aldehydes is 1. The minimum absolute atomic E-state index is 0.261. The number of ether oxygens (including phenoxy) is 1. The van der Waals surface area contributed by atoms with Gasteiger partial charge in [0.25, 0.3) is 0 Å². The normalized spacial score (nSPS) is 18.2. The van der Waals surface area contributed by atoms with Crippen LogP contribution in [0.25, 0.3) is 11.3 Å². The van der Waals surface area contributed by atoms with Crippen molar-refractivity contribution in [2.45, 2.75) is 25.7 Å². The molecule has 1 aromatic carbocycles. The zero-order valence-electron chi connectivity index (χ0n) is 20.9. The molecule has 1 N–H and O–H groups in total. The van der Waals surface area contributed by atoms with E-state index in [4.69, 9.17) is 19.5 Å². The van der Waals surface area contributed by atoms with Crippen LogP contribution in [0.2, 0.25) is 0 Å². The van der Waals surface area contributed by atoms with Crippen LogP contribution in [-0.4, -0.2) is 72.6 Å². The standard InChI is InChI=1S/C25H29FN6O.C2H4O/c1-31-9-3-4-19(17-31)25-29-22(15-23(30-25)28-21-6-2-5-20(26)14-21)18-7-8-24(27-16-18)32-10-12-33-13-11-32;1-2-3/h2,5-8,14-16,19H,3-4,9-13,17H2,1H3,(H,28,29,30);2H,1H3. The summed E-state index contributed by atoms with van der Waals surface area (Å²) in [5.41, 5.74) is 2.41. The largest absolute Gasteiger partial charge is 0.378 e. The number of pyridine rings is 1. The third-order valence-corrected chi connectivity index (χ3v) is 6.21. The average molecular weight is 493 g/mol. The molecule has 0 saturated carbocycles. The fraction of sp³-hybridized carbons (Fsp3) is 0.407. The van der Waals surface area contributed by atoms with Crippen LogP contribution in [0.1, 0.15) is 31.5 Å². The summed E-state index contributed by atoms with van der Waals surface area (Å²) < 4.78 is 19.2. The van der Waals surface area contributed by atoms with E-state index in [0.29, 0.717) is 11.5 Å². The second-order valence-corrected chi connectivity index (χ2v) is 8.97. The molecule has 1 atom stereocenters. The molecule has 1 unspecified atom stereocenters. The summed E-state index contributed by atoms with van der Waals surface area (Å²) in [6.07, 6.45) is 4.80. The van der Waals surface area contributed by atoms with Gasteiger partial charge in [0, 0.05) is 49.1 Å². The molecule has 0 radical (unpaired) electrons. The quantitative estimate of drug-likeness (QED) is 0.529. The van der Waals surface area contributed by atoms with Crippen molar-refractivity contribution in [3.05, 3.63) is 60.3 Å². The number of aromatic nitrogens is 3. The molecule has 8 nitrogen and oxygen atoms in total. The number of likely N-dealkylation sites (tertiary alicyclic amines) is 1. The van der Waals surface area contributed by atoms with Crippen LogP contribution in [0.15, 0.2) is 48.7 Å². The molecule has 2 aliphatic heterocycles. The Kier molecular flexibility index (Phi) is 8.91. The first-order chi connectivity index (χ1) is 17.6. The second-order valence-electron chi connectivity index (χ2n) is 8.97. The van der Waals surface area contributed by atoms with E-state index in [-0.39, 0.29) is 11.7 Å². The van der Waals surface area contributed by atoms with Crippen LogP contribution >= 0.6 is 0 Å². The van der Waals surface area contributed by atoms with Crippen LogP contribution < -0.4 is 10.2 Å². The number of carbonyl (C=O) groups excluding carboxylic acids is 1. The number of piperidine rings is 1. The van der Waals surface area contributed by atoms with Gasteiger partial charge in [0.15, 0.2) is 0 Å². The molecule has 3 aromatic rings.